The van der Waals surface area contributed by atoms with Gasteiger partial charge >= 0.3 is 5.97 Å². The lowest BCUT2D eigenvalue weighted by molar-refractivity contribution is -0.157. The third kappa shape index (κ3) is 5.83. The van der Waals surface area contributed by atoms with E-state index in [0.717, 1.165) is 28.1 Å². The maximum absolute atomic E-state index is 14.2. The maximum atomic E-state index is 14.2. The van der Waals surface area contributed by atoms with Gasteiger partial charge in [0.25, 0.3) is 5.91 Å². The fraction of sp³-hybridized carbons (Fsp3) is 0.273. The molecule has 206 valence electrons. The highest BCUT2D eigenvalue weighted by molar-refractivity contribution is 6.12. The van der Waals surface area contributed by atoms with Crippen LogP contribution in [0.25, 0.3) is 22.4 Å². The lowest BCUT2D eigenvalue weighted by atomic mass is 9.94. The molecule has 1 saturated heterocycles. The molecule has 1 N–H and O–H groups in total. The van der Waals surface area contributed by atoms with Gasteiger partial charge in [-0.1, -0.05) is 62.4 Å². The van der Waals surface area contributed by atoms with E-state index < -0.39 is 18.2 Å². The number of carbonyl (C=O) groups excluding carboxylic acids is 2. The number of amides is 1. The summed E-state index contributed by atoms with van der Waals surface area (Å²) >= 11 is 0. The molecule has 5 nitrogen and oxygen atoms in total. The van der Waals surface area contributed by atoms with Crippen molar-refractivity contribution in [2.45, 2.75) is 57.8 Å². The number of ether oxygens (including phenoxy) is 1. The molecule has 0 radical (unpaired) electrons. The Labute approximate surface area is 232 Å². The Balaban J connectivity index is 1.71. The number of esters is 1. The molecule has 1 amide bonds. The van der Waals surface area contributed by atoms with Crippen LogP contribution < -0.4 is 5.32 Å². The Kier molecular flexibility index (Phi) is 8.10. The van der Waals surface area contributed by atoms with Crippen LogP contribution in [0.2, 0.25) is 0 Å². The van der Waals surface area contributed by atoms with Crippen LogP contribution in [0, 0.1) is 5.82 Å². The van der Waals surface area contributed by atoms with Crippen molar-refractivity contribution in [3.63, 3.8) is 0 Å². The fourth-order valence-electron chi connectivity index (χ4n) is 5.49. The minimum Gasteiger partial charge on any atom is -0.462 e. The smallest absolute Gasteiger partial charge is 0.309 e. The number of para-hydroxylation sites is 1. The highest BCUT2D eigenvalue weighted by atomic mass is 19.1. The number of cyclic esters (lactones) is 1. The zero-order valence-electron chi connectivity index (χ0n) is 22.6. The summed E-state index contributed by atoms with van der Waals surface area (Å²) in [7, 11) is 0. The first-order valence-corrected chi connectivity index (χ1v) is 13.6. The molecule has 2 heterocycles. The normalized spacial score (nSPS) is 17.1. The average molecular weight is 543 g/mol. The van der Waals surface area contributed by atoms with Gasteiger partial charge in [-0.05, 0) is 53.4 Å². The number of anilines is 1. The second-order valence-electron chi connectivity index (χ2n) is 10.4. The lowest BCUT2D eigenvalue weighted by Crippen LogP contribution is -2.31. The van der Waals surface area contributed by atoms with E-state index in [-0.39, 0.29) is 30.5 Å². The number of aromatic nitrogens is 1. The van der Waals surface area contributed by atoms with Gasteiger partial charge < -0.3 is 14.6 Å². The second-order valence-corrected chi connectivity index (χ2v) is 10.4. The van der Waals surface area contributed by atoms with Crippen LogP contribution >= 0.6 is 0 Å². The lowest BCUT2D eigenvalue weighted by Gasteiger charge is -2.26. The van der Waals surface area contributed by atoms with Crippen molar-refractivity contribution in [3.05, 3.63) is 102 Å². The van der Waals surface area contributed by atoms with Crippen LogP contribution in [0.1, 0.15) is 55.1 Å². The summed E-state index contributed by atoms with van der Waals surface area (Å²) in [4.78, 5) is 26.0. The summed E-state index contributed by atoms with van der Waals surface area (Å²) in [6.07, 6.45) is -1.50. The SMILES string of the molecule is CC(C)c1c(C(=O)Nc2ccccc2)c(-c2ccccc2)c(-c2ccc(F)cc2)n1CC[C@@H]1C[C@H](F)CC(=O)O1. The number of carbonyl (C=O) groups is 2. The molecule has 2 atom stereocenters. The molecule has 1 fully saturated rings. The van der Waals surface area contributed by atoms with Gasteiger partial charge in [0.05, 0.1) is 17.7 Å². The Bertz CT molecular complexity index is 1480. The molecular weight excluding hydrogens is 510 g/mol. The number of halogens is 2. The van der Waals surface area contributed by atoms with Gasteiger partial charge in [0, 0.05) is 36.3 Å². The standard InChI is InChI=1S/C33H32F2N2O3/c1-21(2)31-30(33(39)36-26-11-7-4-8-12-26)29(22-9-5-3-6-10-22)32(23-13-15-24(34)16-14-23)37(31)18-17-27-19-25(35)20-28(38)40-27/h3-16,21,25,27H,17-20H2,1-2H3,(H,36,39)/t25-,27+/m0/s1. The largest absolute Gasteiger partial charge is 0.462 e. The van der Waals surface area contributed by atoms with Crippen molar-refractivity contribution >= 4 is 17.6 Å². The quantitative estimate of drug-likeness (QED) is 0.231. The van der Waals surface area contributed by atoms with Crippen LogP contribution in [0.3, 0.4) is 0 Å². The van der Waals surface area contributed by atoms with Crippen molar-refractivity contribution in [3.8, 4) is 22.4 Å². The second kappa shape index (κ2) is 11.9. The van der Waals surface area contributed by atoms with Crippen LogP contribution in [0.5, 0.6) is 0 Å². The Hall–Kier alpha value is -4.26. The molecule has 0 spiro atoms. The monoisotopic (exact) mass is 542 g/mol. The summed E-state index contributed by atoms with van der Waals surface area (Å²) in [6, 6.07) is 25.1. The third-order valence-corrected chi connectivity index (χ3v) is 7.17. The number of benzene rings is 3. The van der Waals surface area contributed by atoms with Gasteiger partial charge in [-0.3, -0.25) is 9.59 Å². The van der Waals surface area contributed by atoms with E-state index in [2.05, 4.69) is 9.88 Å². The molecular formula is C33H32F2N2O3. The van der Waals surface area contributed by atoms with E-state index in [1.54, 1.807) is 12.1 Å². The fourth-order valence-corrected chi connectivity index (χ4v) is 5.49. The molecule has 1 aliphatic heterocycles. The molecule has 0 unspecified atom stereocenters. The van der Waals surface area contributed by atoms with Crippen LogP contribution in [-0.4, -0.2) is 28.7 Å². The zero-order chi connectivity index (χ0) is 28.2. The first kappa shape index (κ1) is 27.3. The summed E-state index contributed by atoms with van der Waals surface area (Å²) in [5, 5.41) is 3.05. The van der Waals surface area contributed by atoms with Crippen molar-refractivity contribution in [2.24, 2.45) is 0 Å². The van der Waals surface area contributed by atoms with Gasteiger partial charge in [-0.2, -0.15) is 0 Å². The molecule has 1 aliphatic rings. The Morgan fingerprint density at radius 1 is 0.975 bits per heavy atom. The van der Waals surface area contributed by atoms with Crippen LogP contribution in [0.4, 0.5) is 14.5 Å². The Morgan fingerprint density at radius 2 is 1.62 bits per heavy atom. The highest BCUT2D eigenvalue weighted by Gasteiger charge is 2.32. The predicted octanol–water partition coefficient (Wildman–Crippen LogP) is 7.77. The molecule has 0 aliphatic carbocycles. The molecule has 40 heavy (non-hydrogen) atoms. The first-order chi connectivity index (χ1) is 19.3. The number of hydrogen-bond acceptors (Lipinski definition) is 3. The molecule has 1 aromatic heterocycles. The first-order valence-electron chi connectivity index (χ1n) is 13.6. The van der Waals surface area contributed by atoms with E-state index in [1.165, 1.54) is 12.1 Å². The predicted molar refractivity (Wildman–Crippen MR) is 152 cm³/mol. The average Bonchev–Trinajstić information content (AvgIpc) is 3.28. The number of alkyl halides is 1. The van der Waals surface area contributed by atoms with E-state index in [4.69, 9.17) is 4.74 Å². The molecule has 0 bridgehead atoms. The van der Waals surface area contributed by atoms with Gasteiger partial charge in [-0.25, -0.2) is 8.78 Å². The number of nitrogens with one attached hydrogen (secondary N) is 1. The number of hydrogen-bond donors (Lipinski definition) is 1. The summed E-state index contributed by atoms with van der Waals surface area (Å²) < 4.78 is 35.8. The van der Waals surface area contributed by atoms with Crippen molar-refractivity contribution < 1.29 is 23.1 Å². The molecule has 4 aromatic rings. The van der Waals surface area contributed by atoms with Gasteiger partial charge in [-0.15, -0.1) is 0 Å². The summed E-state index contributed by atoms with van der Waals surface area (Å²) in [5.74, 6) is -1.23. The molecule has 0 saturated carbocycles. The topological polar surface area (TPSA) is 60.3 Å². The third-order valence-electron chi connectivity index (χ3n) is 7.17. The molecule has 7 heteroatoms. The number of nitrogens with zero attached hydrogens (tertiary/aromatic N) is 1. The summed E-state index contributed by atoms with van der Waals surface area (Å²) in [5.41, 5.74) is 5.05. The van der Waals surface area contributed by atoms with Gasteiger partial charge in [0.15, 0.2) is 0 Å². The molecule has 3 aromatic carbocycles. The van der Waals surface area contributed by atoms with Crippen molar-refractivity contribution in [1.82, 2.24) is 4.57 Å². The highest BCUT2D eigenvalue weighted by Crippen LogP contribution is 2.43. The van der Waals surface area contributed by atoms with Gasteiger partial charge in [0.2, 0.25) is 0 Å². The Morgan fingerprint density at radius 3 is 2.25 bits per heavy atom. The van der Waals surface area contributed by atoms with E-state index in [1.807, 2.05) is 74.5 Å². The number of rotatable bonds is 8. The van der Waals surface area contributed by atoms with Crippen LogP contribution in [-0.2, 0) is 16.1 Å². The maximum Gasteiger partial charge on any atom is 0.309 e. The van der Waals surface area contributed by atoms with Crippen LogP contribution in [0.15, 0.2) is 84.9 Å². The van der Waals surface area contributed by atoms with Crippen molar-refractivity contribution in [2.75, 3.05) is 5.32 Å². The molecule has 5 rings (SSSR count). The van der Waals surface area contributed by atoms with Gasteiger partial charge in [0.1, 0.15) is 18.1 Å². The van der Waals surface area contributed by atoms with E-state index in [0.29, 0.717) is 24.2 Å². The van der Waals surface area contributed by atoms with E-state index in [9.17, 15) is 18.4 Å². The minimum absolute atomic E-state index is 0.0731. The van der Waals surface area contributed by atoms with Crippen molar-refractivity contribution in [1.29, 1.82) is 0 Å². The van der Waals surface area contributed by atoms with E-state index >= 15 is 0 Å². The zero-order valence-corrected chi connectivity index (χ0v) is 22.6. The minimum atomic E-state index is -1.23. The summed E-state index contributed by atoms with van der Waals surface area (Å²) in [6.45, 7) is 4.42.